The number of nitrogens with one attached hydrogen (secondary N) is 1. The number of rotatable bonds is 2. The lowest BCUT2D eigenvalue weighted by Gasteiger charge is -2.22. The number of ketones is 2. The zero-order chi connectivity index (χ0) is 11.1. The van der Waals surface area contributed by atoms with Gasteiger partial charge in [0.2, 0.25) is 11.6 Å². The summed E-state index contributed by atoms with van der Waals surface area (Å²) in [6.07, 6.45) is 0. The number of para-hydroxylation sites is 2. The van der Waals surface area contributed by atoms with Crippen LogP contribution in [0, 0.1) is 0 Å². The van der Waals surface area contributed by atoms with Crippen molar-refractivity contribution in [2.24, 2.45) is 0 Å². The van der Waals surface area contributed by atoms with Crippen LogP contribution in [0.3, 0.4) is 0 Å². The fourth-order valence-corrected chi connectivity index (χ4v) is 1.61. The Labute approximate surface area is 87.2 Å². The first-order valence-electron chi connectivity index (χ1n) is 4.64. The van der Waals surface area contributed by atoms with Gasteiger partial charge < -0.3 is 10.1 Å². The maximum Gasteiger partial charge on any atom is 0.298 e. The third kappa shape index (κ3) is 1.29. The normalized spacial score (nSPS) is 16.1. The maximum atomic E-state index is 11.5. The summed E-state index contributed by atoms with van der Waals surface area (Å²) in [6.45, 7) is 2.67. The van der Waals surface area contributed by atoms with Crippen molar-refractivity contribution in [1.29, 1.82) is 0 Å². The van der Waals surface area contributed by atoms with E-state index in [4.69, 9.17) is 4.74 Å². The van der Waals surface area contributed by atoms with Crippen molar-refractivity contribution >= 4 is 17.3 Å². The number of carbonyl (C=O) groups is 2. The molecule has 0 atom stereocenters. The Morgan fingerprint density at radius 2 is 1.80 bits per heavy atom. The van der Waals surface area contributed by atoms with Crippen LogP contribution < -0.4 is 10.1 Å². The van der Waals surface area contributed by atoms with E-state index in [9.17, 15) is 9.59 Å². The molecule has 0 unspecified atom stereocenters. The van der Waals surface area contributed by atoms with Gasteiger partial charge >= 0.3 is 0 Å². The topological polar surface area (TPSA) is 55.4 Å². The summed E-state index contributed by atoms with van der Waals surface area (Å²) in [5.41, 5.74) is -0.855. The summed E-state index contributed by atoms with van der Waals surface area (Å²) in [6, 6.07) is 7.08. The largest absolute Gasteiger partial charge is 0.451 e. The summed E-state index contributed by atoms with van der Waals surface area (Å²) in [5, 5.41) is 2.83. The fraction of sp³-hybridized carbons (Fsp3) is 0.273. The maximum absolute atomic E-state index is 11.5. The molecule has 0 fully saturated rings. The third-order valence-electron chi connectivity index (χ3n) is 2.45. The van der Waals surface area contributed by atoms with Crippen LogP contribution in [0.4, 0.5) is 5.69 Å². The molecule has 4 nitrogen and oxygen atoms in total. The van der Waals surface area contributed by atoms with Crippen molar-refractivity contribution in [3.63, 3.8) is 0 Å². The Hall–Kier alpha value is -1.84. The number of benzene rings is 1. The first-order valence-corrected chi connectivity index (χ1v) is 4.64. The Morgan fingerprint density at radius 1 is 1.20 bits per heavy atom. The third-order valence-corrected chi connectivity index (χ3v) is 2.45. The zero-order valence-corrected chi connectivity index (χ0v) is 8.53. The van der Waals surface area contributed by atoms with E-state index in [1.807, 2.05) is 6.07 Å². The van der Waals surface area contributed by atoms with Crippen LogP contribution in [0.25, 0.3) is 0 Å². The summed E-state index contributed by atoms with van der Waals surface area (Å²) in [4.78, 5) is 22.9. The van der Waals surface area contributed by atoms with E-state index in [1.54, 1.807) is 18.2 Å². The highest BCUT2D eigenvalue weighted by atomic mass is 16.5. The van der Waals surface area contributed by atoms with Crippen molar-refractivity contribution < 1.29 is 14.3 Å². The molecule has 0 spiro atoms. The molecule has 1 aromatic carbocycles. The van der Waals surface area contributed by atoms with Gasteiger partial charge in [0, 0.05) is 13.8 Å². The Bertz CT molecular complexity index is 398. The first-order chi connectivity index (χ1) is 7.06. The smallest absolute Gasteiger partial charge is 0.298 e. The molecular weight excluding hydrogens is 194 g/mol. The van der Waals surface area contributed by atoms with Gasteiger partial charge in [-0.2, -0.15) is 0 Å². The number of hydrogen-bond donors (Lipinski definition) is 1. The van der Waals surface area contributed by atoms with Gasteiger partial charge in [-0.25, -0.2) is 0 Å². The van der Waals surface area contributed by atoms with Gasteiger partial charge in [-0.1, -0.05) is 12.1 Å². The number of Topliss-reactive ketones (excluding diaryl/α,β-unsaturated/α-hetero) is 2. The van der Waals surface area contributed by atoms with Crippen molar-refractivity contribution in [3.8, 4) is 5.75 Å². The predicted molar refractivity (Wildman–Crippen MR) is 54.8 cm³/mol. The zero-order valence-electron chi connectivity index (χ0n) is 8.53. The van der Waals surface area contributed by atoms with Gasteiger partial charge in [-0.15, -0.1) is 0 Å². The minimum absolute atomic E-state index is 0.341. The molecule has 1 aliphatic rings. The molecule has 0 amide bonds. The van der Waals surface area contributed by atoms with E-state index in [0.29, 0.717) is 11.4 Å². The van der Waals surface area contributed by atoms with Gasteiger partial charge in [0.1, 0.15) is 5.75 Å². The minimum atomic E-state index is -1.52. The average Bonchev–Trinajstić information content (AvgIpc) is 2.57. The second-order valence-corrected chi connectivity index (χ2v) is 3.52. The van der Waals surface area contributed by atoms with Crippen molar-refractivity contribution in [2.75, 3.05) is 5.32 Å². The Balaban J connectivity index is 2.45. The summed E-state index contributed by atoms with van der Waals surface area (Å²) in [5.74, 6) is -0.152. The monoisotopic (exact) mass is 205 g/mol. The molecule has 1 N–H and O–H groups in total. The summed E-state index contributed by atoms with van der Waals surface area (Å²) in [7, 11) is 0. The van der Waals surface area contributed by atoms with Crippen LogP contribution in [0.15, 0.2) is 24.3 Å². The number of fused-ring (bicyclic) bond motifs is 1. The van der Waals surface area contributed by atoms with Crippen LogP contribution in [0.2, 0.25) is 0 Å². The van der Waals surface area contributed by atoms with Crippen LogP contribution in [-0.4, -0.2) is 17.3 Å². The van der Waals surface area contributed by atoms with Gasteiger partial charge in [0.25, 0.3) is 5.72 Å². The molecule has 15 heavy (non-hydrogen) atoms. The predicted octanol–water partition coefficient (Wildman–Crippen LogP) is 1.37. The van der Waals surface area contributed by atoms with Gasteiger partial charge in [0.05, 0.1) is 5.69 Å². The standard InChI is InChI=1S/C11H11NO3/c1-7(13)11(8(2)14)12-9-5-3-4-6-10(9)15-11/h3-6,12H,1-2H3. The molecule has 0 radical (unpaired) electrons. The number of hydrogen-bond acceptors (Lipinski definition) is 4. The molecule has 1 aliphatic heterocycles. The van der Waals surface area contributed by atoms with Crippen molar-refractivity contribution in [1.82, 2.24) is 0 Å². The lowest BCUT2D eigenvalue weighted by atomic mass is 10.1. The number of anilines is 1. The molecule has 0 bridgehead atoms. The summed E-state index contributed by atoms with van der Waals surface area (Å²) >= 11 is 0. The quantitative estimate of drug-likeness (QED) is 0.741. The van der Waals surface area contributed by atoms with Crippen LogP contribution in [0.1, 0.15) is 13.8 Å². The van der Waals surface area contributed by atoms with E-state index in [0.717, 1.165) is 0 Å². The number of carbonyl (C=O) groups excluding carboxylic acids is 2. The lowest BCUT2D eigenvalue weighted by Crippen LogP contribution is -2.53. The van der Waals surface area contributed by atoms with Crippen molar-refractivity contribution in [3.05, 3.63) is 24.3 Å². The second kappa shape index (κ2) is 3.08. The first kappa shape index (κ1) is 9.71. The molecule has 1 aromatic rings. The fourth-order valence-electron chi connectivity index (χ4n) is 1.61. The molecule has 0 aromatic heterocycles. The highest BCUT2D eigenvalue weighted by Crippen LogP contribution is 2.37. The molecule has 0 saturated heterocycles. The molecular formula is C11H11NO3. The molecule has 2 rings (SSSR count). The summed E-state index contributed by atoms with van der Waals surface area (Å²) < 4.78 is 5.41. The van der Waals surface area contributed by atoms with Crippen LogP contribution >= 0.6 is 0 Å². The molecule has 0 aliphatic carbocycles. The van der Waals surface area contributed by atoms with Gasteiger partial charge in [0.15, 0.2) is 0 Å². The Kier molecular flexibility index (Phi) is 2.00. The van der Waals surface area contributed by atoms with Gasteiger partial charge in [-0.05, 0) is 12.1 Å². The average molecular weight is 205 g/mol. The van der Waals surface area contributed by atoms with E-state index in [2.05, 4.69) is 5.32 Å². The van der Waals surface area contributed by atoms with E-state index in [1.165, 1.54) is 13.8 Å². The minimum Gasteiger partial charge on any atom is -0.451 e. The lowest BCUT2D eigenvalue weighted by molar-refractivity contribution is -0.141. The van der Waals surface area contributed by atoms with Crippen LogP contribution in [-0.2, 0) is 9.59 Å². The second-order valence-electron chi connectivity index (χ2n) is 3.52. The van der Waals surface area contributed by atoms with Crippen molar-refractivity contribution in [2.45, 2.75) is 19.6 Å². The van der Waals surface area contributed by atoms with E-state index < -0.39 is 5.72 Å². The van der Waals surface area contributed by atoms with Gasteiger partial charge in [-0.3, -0.25) is 9.59 Å². The Morgan fingerprint density at radius 3 is 2.33 bits per heavy atom. The van der Waals surface area contributed by atoms with E-state index >= 15 is 0 Å². The van der Waals surface area contributed by atoms with Crippen LogP contribution in [0.5, 0.6) is 5.75 Å². The highest BCUT2D eigenvalue weighted by Gasteiger charge is 2.48. The molecule has 4 heteroatoms. The SMILES string of the molecule is CC(=O)C1(C(C)=O)Nc2ccccc2O1. The number of ether oxygens (including phenoxy) is 1. The molecule has 78 valence electrons. The highest BCUT2D eigenvalue weighted by molar-refractivity contribution is 6.12. The molecule has 1 heterocycles. The van der Waals surface area contributed by atoms with E-state index in [-0.39, 0.29) is 11.6 Å². The molecule has 0 saturated carbocycles.